The molecule has 19 heavy (non-hydrogen) atoms. The Balaban J connectivity index is 2.10. The van der Waals surface area contributed by atoms with Gasteiger partial charge in [-0.1, -0.05) is 24.3 Å². The summed E-state index contributed by atoms with van der Waals surface area (Å²) < 4.78 is 0. The second-order valence-corrected chi connectivity index (χ2v) is 4.91. The number of rotatable bonds is 5. The summed E-state index contributed by atoms with van der Waals surface area (Å²) in [6.07, 6.45) is 2.03. The number of aromatic carboxylic acids is 1. The number of hydrogen-bond donors (Lipinski definition) is 2. The minimum atomic E-state index is -0.897. The van der Waals surface area contributed by atoms with Crippen LogP contribution in [-0.4, -0.2) is 17.3 Å². The van der Waals surface area contributed by atoms with Crippen LogP contribution < -0.4 is 5.32 Å². The van der Waals surface area contributed by atoms with Crippen LogP contribution in [0.25, 0.3) is 0 Å². The van der Waals surface area contributed by atoms with Gasteiger partial charge in [-0.2, -0.15) is 0 Å². The molecule has 2 aromatic carbocycles. The van der Waals surface area contributed by atoms with Crippen molar-refractivity contribution < 1.29 is 9.90 Å². The lowest BCUT2D eigenvalue weighted by Crippen LogP contribution is -2.03. The Kier molecular flexibility index (Phi) is 4.47. The second-order valence-electron chi connectivity index (χ2n) is 4.06. The van der Waals surface area contributed by atoms with Gasteiger partial charge in [-0.3, -0.25) is 0 Å². The number of hydrogen-bond acceptors (Lipinski definition) is 3. The van der Waals surface area contributed by atoms with Crippen LogP contribution >= 0.6 is 11.8 Å². The first kappa shape index (κ1) is 13.5. The van der Waals surface area contributed by atoms with E-state index < -0.39 is 5.97 Å². The number of carboxylic acid groups (broad SMARTS) is 1. The van der Waals surface area contributed by atoms with Crippen LogP contribution in [0, 0.1) is 0 Å². The highest BCUT2D eigenvalue weighted by Gasteiger charge is 2.04. The van der Waals surface area contributed by atoms with Crippen molar-refractivity contribution in [3.8, 4) is 0 Å². The molecule has 0 radical (unpaired) electrons. The maximum absolute atomic E-state index is 10.9. The number of carboxylic acids is 1. The van der Waals surface area contributed by atoms with Gasteiger partial charge in [0.1, 0.15) is 0 Å². The average Bonchev–Trinajstić information content (AvgIpc) is 2.45. The number of benzene rings is 2. The zero-order valence-electron chi connectivity index (χ0n) is 10.6. The molecule has 0 amide bonds. The average molecular weight is 273 g/mol. The van der Waals surface area contributed by atoms with Crippen LogP contribution in [0.2, 0.25) is 0 Å². The fraction of sp³-hybridized carbons (Fsp3) is 0.133. The van der Waals surface area contributed by atoms with Crippen LogP contribution in [0.1, 0.15) is 15.9 Å². The molecule has 0 saturated heterocycles. The molecule has 98 valence electrons. The van der Waals surface area contributed by atoms with E-state index in [4.69, 9.17) is 5.11 Å². The Hall–Kier alpha value is -1.94. The minimum absolute atomic E-state index is 0.317. The fourth-order valence-corrected chi connectivity index (χ4v) is 2.38. The van der Waals surface area contributed by atoms with Gasteiger partial charge in [0.15, 0.2) is 0 Å². The van der Waals surface area contributed by atoms with E-state index in [9.17, 15) is 4.79 Å². The van der Waals surface area contributed by atoms with Gasteiger partial charge >= 0.3 is 5.97 Å². The summed E-state index contributed by atoms with van der Waals surface area (Å²) >= 11 is 1.68. The van der Waals surface area contributed by atoms with E-state index >= 15 is 0 Å². The molecule has 2 aromatic rings. The molecule has 0 atom stereocenters. The molecule has 0 heterocycles. The van der Waals surface area contributed by atoms with Crippen LogP contribution in [-0.2, 0) is 6.54 Å². The summed E-state index contributed by atoms with van der Waals surface area (Å²) in [6, 6.07) is 15.0. The summed E-state index contributed by atoms with van der Waals surface area (Å²) in [6.45, 7) is 0.610. The summed E-state index contributed by atoms with van der Waals surface area (Å²) in [5, 5.41) is 12.3. The Bertz CT molecular complexity index is 584. The highest BCUT2D eigenvalue weighted by molar-refractivity contribution is 7.98. The van der Waals surface area contributed by atoms with E-state index in [0.29, 0.717) is 12.1 Å². The van der Waals surface area contributed by atoms with Gasteiger partial charge in [-0.15, -0.1) is 11.8 Å². The highest BCUT2D eigenvalue weighted by atomic mass is 32.2. The van der Waals surface area contributed by atoms with Crippen LogP contribution in [0.15, 0.2) is 53.4 Å². The Morgan fingerprint density at radius 2 is 2.00 bits per heavy atom. The molecule has 0 unspecified atom stereocenters. The molecule has 0 saturated carbocycles. The SMILES string of the molecule is CSc1ccccc1NCc1cccc(C(=O)O)c1. The van der Waals surface area contributed by atoms with E-state index in [0.717, 1.165) is 11.3 Å². The van der Waals surface area contributed by atoms with Crippen LogP contribution in [0.3, 0.4) is 0 Å². The first-order valence-corrected chi connectivity index (χ1v) is 7.12. The van der Waals surface area contributed by atoms with Crippen LogP contribution in [0.5, 0.6) is 0 Å². The first-order chi connectivity index (χ1) is 9.20. The van der Waals surface area contributed by atoms with Gasteiger partial charge in [-0.25, -0.2) is 4.79 Å². The normalized spacial score (nSPS) is 10.2. The van der Waals surface area contributed by atoms with Crippen molar-refractivity contribution >= 4 is 23.4 Å². The maximum Gasteiger partial charge on any atom is 0.335 e. The number of anilines is 1. The Labute approximate surface area is 116 Å². The highest BCUT2D eigenvalue weighted by Crippen LogP contribution is 2.25. The van der Waals surface area contributed by atoms with Crippen molar-refractivity contribution in [1.82, 2.24) is 0 Å². The van der Waals surface area contributed by atoms with Crippen molar-refractivity contribution in [3.05, 3.63) is 59.7 Å². The molecule has 0 bridgehead atoms. The van der Waals surface area contributed by atoms with Gasteiger partial charge in [0.2, 0.25) is 0 Å². The van der Waals surface area contributed by atoms with Crippen molar-refractivity contribution in [3.63, 3.8) is 0 Å². The lowest BCUT2D eigenvalue weighted by atomic mass is 10.1. The summed E-state index contributed by atoms with van der Waals surface area (Å²) in [5.74, 6) is -0.897. The predicted octanol–water partition coefficient (Wildman–Crippen LogP) is 3.72. The van der Waals surface area contributed by atoms with Gasteiger partial charge < -0.3 is 10.4 Å². The molecule has 0 spiro atoms. The first-order valence-electron chi connectivity index (χ1n) is 5.90. The Morgan fingerprint density at radius 1 is 1.21 bits per heavy atom. The predicted molar refractivity (Wildman–Crippen MR) is 79.0 cm³/mol. The molecule has 4 heteroatoms. The zero-order chi connectivity index (χ0) is 13.7. The quantitative estimate of drug-likeness (QED) is 0.815. The smallest absolute Gasteiger partial charge is 0.335 e. The fourth-order valence-electron chi connectivity index (χ4n) is 1.80. The van der Waals surface area contributed by atoms with Gasteiger partial charge in [0.25, 0.3) is 0 Å². The standard InChI is InChI=1S/C15H15NO2S/c1-19-14-8-3-2-7-13(14)16-10-11-5-4-6-12(9-11)15(17)18/h2-9,16H,10H2,1H3,(H,17,18). The molecule has 0 aliphatic heterocycles. The molecule has 3 nitrogen and oxygen atoms in total. The van der Waals surface area contributed by atoms with Gasteiger partial charge in [0.05, 0.1) is 5.56 Å². The van der Waals surface area contributed by atoms with Gasteiger partial charge in [-0.05, 0) is 36.1 Å². The molecule has 2 rings (SSSR count). The minimum Gasteiger partial charge on any atom is -0.478 e. The second kappa shape index (κ2) is 6.29. The third-order valence-corrected chi connectivity index (χ3v) is 3.56. The maximum atomic E-state index is 10.9. The largest absolute Gasteiger partial charge is 0.478 e. The van der Waals surface area contributed by atoms with Crippen molar-refractivity contribution in [2.24, 2.45) is 0 Å². The van der Waals surface area contributed by atoms with Crippen LogP contribution in [0.4, 0.5) is 5.69 Å². The van der Waals surface area contributed by atoms with Crippen molar-refractivity contribution in [1.29, 1.82) is 0 Å². The monoisotopic (exact) mass is 273 g/mol. The van der Waals surface area contributed by atoms with E-state index in [1.165, 1.54) is 4.90 Å². The topological polar surface area (TPSA) is 49.3 Å². The number of carbonyl (C=O) groups is 1. The molecule has 2 N–H and O–H groups in total. The summed E-state index contributed by atoms with van der Waals surface area (Å²) in [5.41, 5.74) is 2.34. The number of para-hydroxylation sites is 1. The number of nitrogens with one attached hydrogen (secondary N) is 1. The molecule has 0 aromatic heterocycles. The van der Waals surface area contributed by atoms with E-state index in [1.54, 1.807) is 30.0 Å². The van der Waals surface area contributed by atoms with E-state index in [1.807, 2.05) is 30.5 Å². The molecular formula is C15H15NO2S. The van der Waals surface area contributed by atoms with E-state index in [2.05, 4.69) is 11.4 Å². The molecule has 0 fully saturated rings. The molecule has 0 aliphatic rings. The summed E-state index contributed by atoms with van der Waals surface area (Å²) in [4.78, 5) is 12.1. The third-order valence-electron chi connectivity index (χ3n) is 2.76. The lowest BCUT2D eigenvalue weighted by Gasteiger charge is -2.10. The third kappa shape index (κ3) is 3.51. The zero-order valence-corrected chi connectivity index (χ0v) is 11.4. The van der Waals surface area contributed by atoms with Gasteiger partial charge in [0, 0.05) is 17.1 Å². The molecular weight excluding hydrogens is 258 g/mol. The Morgan fingerprint density at radius 3 is 2.74 bits per heavy atom. The lowest BCUT2D eigenvalue weighted by molar-refractivity contribution is 0.0697. The summed E-state index contributed by atoms with van der Waals surface area (Å²) in [7, 11) is 0. The number of thioether (sulfide) groups is 1. The van der Waals surface area contributed by atoms with Crippen molar-refractivity contribution in [2.45, 2.75) is 11.4 Å². The molecule has 0 aliphatic carbocycles. The van der Waals surface area contributed by atoms with E-state index in [-0.39, 0.29) is 0 Å². The van der Waals surface area contributed by atoms with Crippen molar-refractivity contribution in [2.75, 3.05) is 11.6 Å².